The monoisotopic (exact) mass is 402 g/mol. The van der Waals surface area contributed by atoms with E-state index in [1.165, 1.54) is 18.6 Å². The second-order valence-electron chi connectivity index (χ2n) is 8.17. The Morgan fingerprint density at radius 2 is 1.83 bits per heavy atom. The Morgan fingerprint density at radius 1 is 1.10 bits per heavy atom. The lowest BCUT2D eigenvalue weighted by Crippen LogP contribution is -2.70. The summed E-state index contributed by atoms with van der Waals surface area (Å²) in [6, 6.07) is 4.67. The van der Waals surface area contributed by atoms with Crippen molar-refractivity contribution in [1.82, 2.24) is 20.4 Å². The number of nitrogens with one attached hydrogen (secondary N) is 2. The van der Waals surface area contributed by atoms with Gasteiger partial charge < -0.3 is 20.4 Å². The maximum absolute atomic E-state index is 13.1. The minimum atomic E-state index is -0.660. The summed E-state index contributed by atoms with van der Waals surface area (Å²) in [5, 5.41) is 5.86. The number of amides is 4. The van der Waals surface area contributed by atoms with Crippen LogP contribution in [0, 0.1) is 5.82 Å². The molecule has 0 unspecified atom stereocenters. The van der Waals surface area contributed by atoms with Gasteiger partial charge in [-0.2, -0.15) is 0 Å². The molecule has 0 radical (unpaired) electrons. The van der Waals surface area contributed by atoms with Crippen LogP contribution in [0.3, 0.4) is 0 Å². The smallest absolute Gasteiger partial charge is 0.317 e. The fourth-order valence-corrected chi connectivity index (χ4v) is 4.49. The molecule has 0 aromatic heterocycles. The lowest BCUT2D eigenvalue weighted by atomic mass is 9.95. The van der Waals surface area contributed by atoms with E-state index < -0.39 is 12.1 Å². The molecule has 29 heavy (non-hydrogen) atoms. The molecule has 1 aromatic carbocycles. The van der Waals surface area contributed by atoms with E-state index in [2.05, 4.69) is 10.6 Å². The van der Waals surface area contributed by atoms with E-state index in [9.17, 15) is 18.8 Å². The van der Waals surface area contributed by atoms with Crippen LogP contribution in [0.1, 0.15) is 37.7 Å². The number of urea groups is 1. The van der Waals surface area contributed by atoms with Gasteiger partial charge in [0.25, 0.3) is 0 Å². The number of nitrogens with zero attached hydrogens (tertiary/aromatic N) is 2. The average Bonchev–Trinajstić information content (AvgIpc) is 2.74. The third kappa shape index (κ3) is 4.36. The van der Waals surface area contributed by atoms with Crippen LogP contribution in [0.5, 0.6) is 0 Å². The van der Waals surface area contributed by atoms with Crippen LogP contribution < -0.4 is 10.6 Å². The van der Waals surface area contributed by atoms with Gasteiger partial charge in [0, 0.05) is 25.6 Å². The summed E-state index contributed by atoms with van der Waals surface area (Å²) >= 11 is 0. The van der Waals surface area contributed by atoms with Gasteiger partial charge in [0.15, 0.2) is 0 Å². The lowest BCUT2D eigenvalue weighted by Gasteiger charge is -2.45. The third-order valence-corrected chi connectivity index (χ3v) is 6.15. The highest BCUT2D eigenvalue weighted by atomic mass is 19.1. The number of piperazine rings is 2. The first-order valence-electron chi connectivity index (χ1n) is 10.4. The minimum absolute atomic E-state index is 0.147. The molecule has 4 amide bonds. The zero-order chi connectivity index (χ0) is 20.4. The molecule has 2 atom stereocenters. The van der Waals surface area contributed by atoms with Crippen LogP contribution in [0.4, 0.5) is 9.18 Å². The Balaban J connectivity index is 1.36. The van der Waals surface area contributed by atoms with Gasteiger partial charge in [-0.15, -0.1) is 0 Å². The predicted octanol–water partition coefficient (Wildman–Crippen LogP) is 1.42. The number of hydrogen-bond acceptors (Lipinski definition) is 3. The van der Waals surface area contributed by atoms with Gasteiger partial charge in [-0.25, -0.2) is 9.18 Å². The van der Waals surface area contributed by atoms with Crippen LogP contribution >= 0.6 is 0 Å². The molecule has 2 aliphatic heterocycles. The van der Waals surface area contributed by atoms with Crippen LogP contribution in [0.2, 0.25) is 0 Å². The molecule has 1 saturated carbocycles. The minimum Gasteiger partial charge on any atom is -0.342 e. The number of carbonyl (C=O) groups is 3. The molecule has 4 rings (SSSR count). The SMILES string of the molecule is O=C1N[C@H](Cc2ccc(F)cc2)C(=O)N2CCN(C(=O)NC3CCCCC3)C[C@H]12. The Labute approximate surface area is 169 Å². The highest BCUT2D eigenvalue weighted by molar-refractivity contribution is 5.97. The van der Waals surface area contributed by atoms with E-state index in [-0.39, 0.29) is 36.2 Å². The molecule has 8 heteroatoms. The number of fused-ring (bicyclic) bond motifs is 1. The maximum Gasteiger partial charge on any atom is 0.317 e. The third-order valence-electron chi connectivity index (χ3n) is 6.15. The molecule has 2 saturated heterocycles. The van der Waals surface area contributed by atoms with Crippen molar-refractivity contribution in [3.05, 3.63) is 35.6 Å². The lowest BCUT2D eigenvalue weighted by molar-refractivity contribution is -0.152. The molecule has 0 bridgehead atoms. The van der Waals surface area contributed by atoms with Crippen molar-refractivity contribution in [3.63, 3.8) is 0 Å². The number of hydrogen-bond donors (Lipinski definition) is 2. The van der Waals surface area contributed by atoms with Gasteiger partial charge in [-0.3, -0.25) is 9.59 Å². The first-order chi connectivity index (χ1) is 14.0. The molecule has 7 nitrogen and oxygen atoms in total. The molecule has 1 aromatic rings. The second kappa shape index (κ2) is 8.39. The maximum atomic E-state index is 13.1. The van der Waals surface area contributed by atoms with Crippen molar-refractivity contribution < 1.29 is 18.8 Å². The van der Waals surface area contributed by atoms with Gasteiger partial charge in [-0.1, -0.05) is 31.4 Å². The zero-order valence-corrected chi connectivity index (χ0v) is 16.4. The summed E-state index contributed by atoms with van der Waals surface area (Å²) in [5.74, 6) is -0.728. The number of halogens is 1. The summed E-state index contributed by atoms with van der Waals surface area (Å²) in [6.07, 6.45) is 5.80. The fraction of sp³-hybridized carbons (Fsp3) is 0.571. The highest BCUT2D eigenvalue weighted by Gasteiger charge is 2.44. The number of carbonyl (C=O) groups excluding carboxylic acids is 3. The summed E-state index contributed by atoms with van der Waals surface area (Å²) in [4.78, 5) is 41.4. The topological polar surface area (TPSA) is 81.8 Å². The number of rotatable bonds is 3. The van der Waals surface area contributed by atoms with Crippen molar-refractivity contribution in [2.45, 2.75) is 56.7 Å². The van der Waals surface area contributed by atoms with Crippen molar-refractivity contribution >= 4 is 17.8 Å². The van der Waals surface area contributed by atoms with Gasteiger partial charge in [0.2, 0.25) is 11.8 Å². The summed E-state index contributed by atoms with van der Waals surface area (Å²) in [7, 11) is 0. The highest BCUT2D eigenvalue weighted by Crippen LogP contribution is 2.20. The summed E-state index contributed by atoms with van der Waals surface area (Å²) in [6.45, 7) is 0.964. The van der Waals surface area contributed by atoms with E-state index >= 15 is 0 Å². The van der Waals surface area contributed by atoms with Gasteiger partial charge in [0.05, 0.1) is 6.54 Å². The average molecular weight is 402 g/mol. The quantitative estimate of drug-likeness (QED) is 0.802. The van der Waals surface area contributed by atoms with Gasteiger partial charge in [0.1, 0.15) is 17.9 Å². The molecule has 2 N–H and O–H groups in total. The Kier molecular flexibility index (Phi) is 5.69. The van der Waals surface area contributed by atoms with E-state index in [1.54, 1.807) is 21.9 Å². The molecular formula is C21H27FN4O3. The summed E-state index contributed by atoms with van der Waals surface area (Å²) < 4.78 is 13.1. The van der Waals surface area contributed by atoms with Crippen molar-refractivity contribution in [1.29, 1.82) is 0 Å². The molecule has 3 aliphatic rings. The number of benzene rings is 1. The first kappa shape index (κ1) is 19.7. The van der Waals surface area contributed by atoms with Crippen molar-refractivity contribution in [3.8, 4) is 0 Å². The Morgan fingerprint density at radius 3 is 2.55 bits per heavy atom. The predicted molar refractivity (Wildman–Crippen MR) is 105 cm³/mol. The van der Waals surface area contributed by atoms with E-state index in [1.807, 2.05) is 0 Å². The standard InChI is InChI=1S/C21H27FN4O3/c22-15-8-6-14(7-9-15)12-17-20(28)26-11-10-25(13-18(26)19(27)24-17)21(29)23-16-4-2-1-3-5-16/h6-9,16-18H,1-5,10-13H2,(H,23,29)(H,24,27)/t17-,18-/m1/s1. The molecule has 3 fully saturated rings. The van der Waals surface area contributed by atoms with Gasteiger partial charge >= 0.3 is 6.03 Å². The van der Waals surface area contributed by atoms with E-state index in [0.29, 0.717) is 19.5 Å². The van der Waals surface area contributed by atoms with Crippen LogP contribution in [0.25, 0.3) is 0 Å². The molecular weight excluding hydrogens is 375 g/mol. The van der Waals surface area contributed by atoms with Crippen molar-refractivity contribution in [2.24, 2.45) is 0 Å². The van der Waals surface area contributed by atoms with E-state index in [4.69, 9.17) is 0 Å². The summed E-state index contributed by atoms with van der Waals surface area (Å²) in [5.41, 5.74) is 0.786. The molecule has 2 heterocycles. The van der Waals surface area contributed by atoms with Crippen LogP contribution in [-0.4, -0.2) is 65.4 Å². The van der Waals surface area contributed by atoms with Crippen molar-refractivity contribution in [2.75, 3.05) is 19.6 Å². The molecule has 0 spiro atoms. The zero-order valence-electron chi connectivity index (χ0n) is 16.4. The van der Waals surface area contributed by atoms with Crippen LogP contribution in [0.15, 0.2) is 24.3 Å². The molecule has 156 valence electrons. The fourth-order valence-electron chi connectivity index (χ4n) is 4.49. The van der Waals surface area contributed by atoms with Gasteiger partial charge in [-0.05, 0) is 30.5 Å². The van der Waals surface area contributed by atoms with E-state index in [0.717, 1.165) is 31.2 Å². The first-order valence-corrected chi connectivity index (χ1v) is 10.4. The second-order valence-corrected chi connectivity index (χ2v) is 8.17. The Bertz CT molecular complexity index is 779. The molecule has 1 aliphatic carbocycles. The Hall–Kier alpha value is -2.64. The normalized spacial score (nSPS) is 25.4. The largest absolute Gasteiger partial charge is 0.342 e. The van der Waals surface area contributed by atoms with Crippen LogP contribution in [-0.2, 0) is 16.0 Å².